The molecule has 0 spiro atoms. The first-order valence-corrected chi connectivity index (χ1v) is 9.28. The van der Waals surface area contributed by atoms with Crippen LogP contribution in [0.2, 0.25) is 0 Å². The highest BCUT2D eigenvalue weighted by molar-refractivity contribution is 5.84. The van der Waals surface area contributed by atoms with Gasteiger partial charge in [0.2, 0.25) is 0 Å². The molecule has 0 saturated carbocycles. The fourth-order valence-electron chi connectivity index (χ4n) is 2.20. The van der Waals surface area contributed by atoms with E-state index >= 15 is 0 Å². The maximum Gasteiger partial charge on any atom is 0.349 e. The summed E-state index contributed by atoms with van der Waals surface area (Å²) in [5.41, 5.74) is 1.96. The molecule has 164 valence electrons. The summed E-state index contributed by atoms with van der Waals surface area (Å²) in [6.45, 7) is 2.29. The molecule has 1 unspecified atom stereocenters. The van der Waals surface area contributed by atoms with Gasteiger partial charge >= 0.3 is 23.9 Å². The van der Waals surface area contributed by atoms with Crippen LogP contribution >= 0.6 is 0 Å². The number of aliphatic hydroxyl groups excluding tert-OH is 1. The summed E-state index contributed by atoms with van der Waals surface area (Å²) in [6, 6.07) is 13.3. The van der Waals surface area contributed by atoms with E-state index in [9.17, 15) is 24.3 Å². The van der Waals surface area contributed by atoms with Crippen LogP contribution in [0.3, 0.4) is 0 Å². The second-order valence-corrected chi connectivity index (χ2v) is 6.56. The minimum Gasteiger partial charge on any atom is -0.454 e. The molecule has 0 aliphatic carbocycles. The lowest BCUT2D eigenvalue weighted by atomic mass is 10.2. The van der Waals surface area contributed by atoms with Crippen molar-refractivity contribution in [1.29, 1.82) is 0 Å². The van der Waals surface area contributed by atoms with Gasteiger partial charge in [0.1, 0.15) is 11.5 Å². The van der Waals surface area contributed by atoms with Gasteiger partial charge in [0, 0.05) is 0 Å². The average molecular weight is 430 g/mol. The number of aliphatic hydroxyl groups is 1. The van der Waals surface area contributed by atoms with Crippen molar-refractivity contribution in [3.8, 4) is 11.5 Å². The molecule has 9 nitrogen and oxygen atoms in total. The molecule has 0 aliphatic rings. The van der Waals surface area contributed by atoms with Gasteiger partial charge in [-0.2, -0.15) is 0 Å². The summed E-state index contributed by atoms with van der Waals surface area (Å²) >= 11 is 0. The zero-order chi connectivity index (χ0) is 22.8. The number of hydrogen-bond acceptors (Lipinski definition) is 9. The fraction of sp³-hybridized carbons (Fsp3) is 0.273. The fourth-order valence-corrected chi connectivity index (χ4v) is 2.20. The van der Waals surface area contributed by atoms with E-state index in [1.54, 1.807) is 48.5 Å². The molecule has 2 aromatic rings. The Labute approximate surface area is 178 Å². The third-order valence-electron chi connectivity index (χ3n) is 3.82. The van der Waals surface area contributed by atoms with Crippen LogP contribution < -0.4 is 9.47 Å². The molecule has 0 heterocycles. The van der Waals surface area contributed by atoms with E-state index in [1.807, 2.05) is 13.8 Å². The largest absolute Gasteiger partial charge is 0.454 e. The molecule has 0 fully saturated rings. The van der Waals surface area contributed by atoms with E-state index in [-0.39, 0.29) is 11.5 Å². The first-order chi connectivity index (χ1) is 14.7. The van der Waals surface area contributed by atoms with Gasteiger partial charge < -0.3 is 24.1 Å². The van der Waals surface area contributed by atoms with Gasteiger partial charge in [-0.3, -0.25) is 4.79 Å². The van der Waals surface area contributed by atoms with Crippen LogP contribution in [0.5, 0.6) is 11.5 Å². The van der Waals surface area contributed by atoms with Crippen LogP contribution in [-0.2, 0) is 28.7 Å². The van der Waals surface area contributed by atoms with Crippen molar-refractivity contribution in [2.24, 2.45) is 0 Å². The summed E-state index contributed by atoms with van der Waals surface area (Å²) in [4.78, 5) is 46.7. The maximum absolute atomic E-state index is 11.7. The van der Waals surface area contributed by atoms with E-state index in [1.165, 1.54) is 0 Å². The molecule has 0 saturated heterocycles. The Morgan fingerprint density at radius 3 is 1.58 bits per heavy atom. The zero-order valence-corrected chi connectivity index (χ0v) is 17.0. The van der Waals surface area contributed by atoms with E-state index in [4.69, 9.17) is 9.47 Å². The monoisotopic (exact) mass is 430 g/mol. The highest BCUT2D eigenvalue weighted by Crippen LogP contribution is 2.12. The van der Waals surface area contributed by atoms with Crippen molar-refractivity contribution in [3.63, 3.8) is 0 Å². The number of rotatable bonds is 9. The maximum atomic E-state index is 11.7. The number of carbonyl (C=O) groups is 4. The van der Waals surface area contributed by atoms with Crippen LogP contribution in [-0.4, -0.2) is 48.3 Å². The van der Waals surface area contributed by atoms with Crippen molar-refractivity contribution < 1.29 is 43.2 Å². The molecule has 0 aromatic heterocycles. The molecular weight excluding hydrogens is 408 g/mol. The average Bonchev–Trinajstić information content (AvgIpc) is 2.74. The Balaban J connectivity index is 1.66. The molecule has 0 bridgehead atoms. The van der Waals surface area contributed by atoms with E-state index in [0.717, 1.165) is 11.1 Å². The second kappa shape index (κ2) is 11.5. The molecule has 2 rings (SSSR count). The molecule has 2 aromatic carbocycles. The molecule has 0 amide bonds. The van der Waals surface area contributed by atoms with E-state index in [0.29, 0.717) is 0 Å². The van der Waals surface area contributed by atoms with Gasteiger partial charge in [-0.25, -0.2) is 14.4 Å². The predicted octanol–water partition coefficient (Wildman–Crippen LogP) is 1.65. The number of benzene rings is 2. The molecule has 1 atom stereocenters. The lowest BCUT2D eigenvalue weighted by Crippen LogP contribution is -2.30. The van der Waals surface area contributed by atoms with Crippen LogP contribution in [0.4, 0.5) is 0 Å². The first kappa shape index (κ1) is 23.6. The number of ether oxygens (including phenoxy) is 4. The molecule has 1 N–H and O–H groups in total. The van der Waals surface area contributed by atoms with Gasteiger partial charge in [0.15, 0.2) is 19.3 Å². The Hall–Kier alpha value is -3.72. The predicted molar refractivity (Wildman–Crippen MR) is 106 cm³/mol. The van der Waals surface area contributed by atoms with E-state index < -0.39 is 49.6 Å². The van der Waals surface area contributed by atoms with Gasteiger partial charge in [0.05, 0.1) is 6.42 Å². The van der Waals surface area contributed by atoms with Crippen molar-refractivity contribution in [2.45, 2.75) is 26.4 Å². The standard InChI is InChI=1S/C22H22O9/c1-14-3-7-16(8-4-14)30-20(25)12-28-19(24)11-18(23)22(27)29-13-21(26)31-17-9-5-15(2)6-10-17/h3-10,18,23H,11-13H2,1-2H3. The molecule has 31 heavy (non-hydrogen) atoms. The Morgan fingerprint density at radius 2 is 1.13 bits per heavy atom. The lowest BCUT2D eigenvalue weighted by Gasteiger charge is -2.10. The normalized spacial score (nSPS) is 11.2. The minimum atomic E-state index is -1.87. The molecular formula is C22H22O9. The topological polar surface area (TPSA) is 125 Å². The summed E-state index contributed by atoms with van der Waals surface area (Å²) in [5.74, 6) is -3.35. The molecule has 0 aliphatic heterocycles. The van der Waals surface area contributed by atoms with Crippen molar-refractivity contribution in [1.82, 2.24) is 0 Å². The molecule has 0 radical (unpaired) electrons. The summed E-state index contributed by atoms with van der Waals surface area (Å²) in [7, 11) is 0. The number of esters is 4. The van der Waals surface area contributed by atoms with Gasteiger partial charge in [-0.1, -0.05) is 35.4 Å². The van der Waals surface area contributed by atoms with Crippen molar-refractivity contribution in [2.75, 3.05) is 13.2 Å². The quantitative estimate of drug-likeness (QED) is 0.467. The minimum absolute atomic E-state index is 0.272. The van der Waals surface area contributed by atoms with Crippen LogP contribution in [0.15, 0.2) is 48.5 Å². The van der Waals surface area contributed by atoms with Gasteiger partial charge in [-0.15, -0.1) is 0 Å². The van der Waals surface area contributed by atoms with E-state index in [2.05, 4.69) is 9.47 Å². The zero-order valence-electron chi connectivity index (χ0n) is 17.0. The van der Waals surface area contributed by atoms with Gasteiger partial charge in [-0.05, 0) is 38.1 Å². The van der Waals surface area contributed by atoms with Crippen LogP contribution in [0, 0.1) is 13.8 Å². The smallest absolute Gasteiger partial charge is 0.349 e. The van der Waals surface area contributed by atoms with Crippen molar-refractivity contribution >= 4 is 23.9 Å². The van der Waals surface area contributed by atoms with Crippen LogP contribution in [0.25, 0.3) is 0 Å². The third-order valence-corrected chi connectivity index (χ3v) is 3.82. The third kappa shape index (κ3) is 8.67. The van der Waals surface area contributed by atoms with Crippen LogP contribution in [0.1, 0.15) is 17.5 Å². The Bertz CT molecular complexity index is 917. The Kier molecular flexibility index (Phi) is 8.71. The van der Waals surface area contributed by atoms with Gasteiger partial charge in [0.25, 0.3) is 0 Å². The summed E-state index contributed by atoms with van der Waals surface area (Å²) in [5, 5.41) is 9.70. The SMILES string of the molecule is Cc1ccc(OC(=O)COC(=O)CC(O)C(=O)OCC(=O)Oc2ccc(C)cc2)cc1. The number of hydrogen-bond donors (Lipinski definition) is 1. The second-order valence-electron chi connectivity index (χ2n) is 6.56. The first-order valence-electron chi connectivity index (χ1n) is 9.28. The molecule has 9 heteroatoms. The number of aryl methyl sites for hydroxylation is 2. The number of carbonyl (C=O) groups excluding carboxylic acids is 4. The highest BCUT2D eigenvalue weighted by Gasteiger charge is 2.23. The highest BCUT2D eigenvalue weighted by atomic mass is 16.6. The summed E-state index contributed by atoms with van der Waals surface area (Å²) < 4.78 is 19.2. The Morgan fingerprint density at radius 1 is 0.710 bits per heavy atom. The lowest BCUT2D eigenvalue weighted by molar-refractivity contribution is -0.165. The van der Waals surface area contributed by atoms with Crippen molar-refractivity contribution in [3.05, 3.63) is 59.7 Å². The summed E-state index contributed by atoms with van der Waals surface area (Å²) in [6.07, 6.45) is -2.63.